The first kappa shape index (κ1) is 17.2. The number of carbonyl (C=O) groups excluding carboxylic acids is 3. The molecule has 0 atom stereocenters. The van der Waals surface area contributed by atoms with Crippen LogP contribution in [0.2, 0.25) is 0 Å². The summed E-state index contributed by atoms with van der Waals surface area (Å²) < 4.78 is 4.45. The highest BCUT2D eigenvalue weighted by Crippen LogP contribution is 2.01. The molecule has 9 nitrogen and oxygen atoms in total. The van der Waals surface area contributed by atoms with E-state index in [1.165, 1.54) is 7.11 Å². The van der Waals surface area contributed by atoms with Gasteiger partial charge in [0, 0.05) is 0 Å². The van der Waals surface area contributed by atoms with E-state index in [2.05, 4.69) is 10.2 Å². The molecule has 0 spiro atoms. The molecule has 0 aliphatic rings. The van der Waals surface area contributed by atoms with Crippen LogP contribution in [0.4, 0.5) is 9.59 Å². The van der Waals surface area contributed by atoms with Crippen LogP contribution in [0, 0.1) is 0 Å². The van der Waals surface area contributed by atoms with E-state index < -0.39 is 18.0 Å². The first-order chi connectivity index (χ1) is 10.4. The molecule has 0 aliphatic heterocycles. The summed E-state index contributed by atoms with van der Waals surface area (Å²) >= 11 is 0. The molecule has 9 heteroatoms. The van der Waals surface area contributed by atoms with Gasteiger partial charge in [-0.15, -0.1) is 0 Å². The standard InChI is InChI=1S/C13H19N5O4/c1-22-11(19)7-8-18(12(14)20)16-13(21)17(15)9-10-5-3-2-4-6-10/h2-6H,7-9,15H2,1H3,(H2,14,20)(H,16,21). The van der Waals surface area contributed by atoms with Crippen LogP contribution in [0.3, 0.4) is 0 Å². The molecule has 0 saturated heterocycles. The Balaban J connectivity index is 2.55. The lowest BCUT2D eigenvalue weighted by molar-refractivity contribution is -0.140. The number of urea groups is 2. The van der Waals surface area contributed by atoms with Crippen molar-refractivity contribution in [2.75, 3.05) is 13.7 Å². The summed E-state index contributed by atoms with van der Waals surface area (Å²) in [6.45, 7) is 0.0310. The summed E-state index contributed by atoms with van der Waals surface area (Å²) in [5.74, 6) is 5.10. The average Bonchev–Trinajstić information content (AvgIpc) is 2.51. The van der Waals surface area contributed by atoms with E-state index >= 15 is 0 Å². The van der Waals surface area contributed by atoms with Gasteiger partial charge in [0.05, 0.1) is 26.6 Å². The van der Waals surface area contributed by atoms with Gasteiger partial charge in [-0.05, 0) is 5.56 Å². The normalized spacial score (nSPS) is 9.73. The number of hydrazine groups is 2. The molecule has 0 aliphatic carbocycles. The van der Waals surface area contributed by atoms with E-state index in [4.69, 9.17) is 11.6 Å². The Labute approximate surface area is 127 Å². The fraction of sp³-hybridized carbons (Fsp3) is 0.308. The van der Waals surface area contributed by atoms with Crippen LogP contribution in [0.5, 0.6) is 0 Å². The Kier molecular flexibility index (Phi) is 6.64. The first-order valence-corrected chi connectivity index (χ1v) is 6.44. The highest BCUT2D eigenvalue weighted by molar-refractivity contribution is 5.79. The second-order valence-electron chi connectivity index (χ2n) is 4.35. The lowest BCUT2D eigenvalue weighted by atomic mass is 10.2. The van der Waals surface area contributed by atoms with E-state index in [1.54, 1.807) is 12.1 Å². The molecule has 4 amide bonds. The van der Waals surface area contributed by atoms with Gasteiger partial charge in [-0.25, -0.2) is 25.9 Å². The van der Waals surface area contributed by atoms with E-state index in [0.717, 1.165) is 15.6 Å². The van der Waals surface area contributed by atoms with Crippen molar-refractivity contribution in [1.82, 2.24) is 15.4 Å². The highest BCUT2D eigenvalue weighted by Gasteiger charge is 2.18. The van der Waals surface area contributed by atoms with Gasteiger partial charge >= 0.3 is 18.0 Å². The van der Waals surface area contributed by atoms with E-state index in [1.807, 2.05) is 18.2 Å². The quantitative estimate of drug-likeness (QED) is 0.303. The number of methoxy groups -OCH3 is 1. The molecular weight excluding hydrogens is 290 g/mol. The van der Waals surface area contributed by atoms with Gasteiger partial charge in [-0.3, -0.25) is 9.80 Å². The minimum absolute atomic E-state index is 0.108. The third-order valence-electron chi connectivity index (χ3n) is 2.72. The molecule has 120 valence electrons. The lowest BCUT2D eigenvalue weighted by Gasteiger charge is -2.24. The zero-order valence-electron chi connectivity index (χ0n) is 12.2. The number of esters is 1. The molecule has 0 saturated carbocycles. The second kappa shape index (κ2) is 8.47. The van der Waals surface area contributed by atoms with Crippen molar-refractivity contribution in [1.29, 1.82) is 0 Å². The number of primary amides is 1. The molecule has 1 aromatic carbocycles. The summed E-state index contributed by atoms with van der Waals surface area (Å²) in [5, 5.41) is 1.69. The third kappa shape index (κ3) is 5.67. The number of amides is 4. The fourth-order valence-electron chi connectivity index (χ4n) is 1.56. The Bertz CT molecular complexity index is 522. The number of carbonyl (C=O) groups is 3. The van der Waals surface area contributed by atoms with Crippen molar-refractivity contribution < 1.29 is 19.1 Å². The molecule has 0 bridgehead atoms. The molecule has 0 aromatic heterocycles. The molecular formula is C13H19N5O4. The summed E-state index contributed by atoms with van der Waals surface area (Å²) in [6.07, 6.45) is -0.108. The SMILES string of the molecule is COC(=O)CCN(NC(=O)N(N)Cc1ccccc1)C(N)=O. The molecule has 5 N–H and O–H groups in total. The zero-order valence-corrected chi connectivity index (χ0v) is 12.2. The third-order valence-corrected chi connectivity index (χ3v) is 2.72. The minimum Gasteiger partial charge on any atom is -0.469 e. The summed E-state index contributed by atoms with van der Waals surface area (Å²) in [7, 11) is 1.22. The van der Waals surface area contributed by atoms with E-state index in [0.29, 0.717) is 0 Å². The Hall–Kier alpha value is -2.81. The van der Waals surface area contributed by atoms with Gasteiger partial charge in [0.2, 0.25) is 0 Å². The molecule has 1 rings (SSSR count). The number of benzene rings is 1. The van der Waals surface area contributed by atoms with Crippen LogP contribution in [0.25, 0.3) is 0 Å². The number of nitrogens with one attached hydrogen (secondary N) is 1. The Morgan fingerprint density at radius 1 is 1.23 bits per heavy atom. The summed E-state index contributed by atoms with van der Waals surface area (Å²) in [5.41, 5.74) is 8.17. The van der Waals surface area contributed by atoms with Gasteiger partial charge in [0.1, 0.15) is 0 Å². The maximum absolute atomic E-state index is 11.9. The van der Waals surface area contributed by atoms with Crippen LogP contribution < -0.4 is 17.0 Å². The van der Waals surface area contributed by atoms with Crippen molar-refractivity contribution >= 4 is 18.0 Å². The van der Waals surface area contributed by atoms with Crippen molar-refractivity contribution in [3.63, 3.8) is 0 Å². The van der Waals surface area contributed by atoms with Gasteiger partial charge in [-0.1, -0.05) is 30.3 Å². The zero-order chi connectivity index (χ0) is 16.5. The van der Waals surface area contributed by atoms with Crippen LogP contribution >= 0.6 is 0 Å². The van der Waals surface area contributed by atoms with Crippen molar-refractivity contribution in [3.8, 4) is 0 Å². The lowest BCUT2D eigenvalue weighted by Crippen LogP contribution is -2.55. The number of rotatable bonds is 5. The van der Waals surface area contributed by atoms with Gasteiger partial charge in [-0.2, -0.15) is 0 Å². The predicted octanol–water partition coefficient (Wildman–Crippen LogP) is -0.0693. The number of nitrogens with two attached hydrogens (primary N) is 2. The summed E-state index contributed by atoms with van der Waals surface area (Å²) in [6, 6.07) is 7.43. The first-order valence-electron chi connectivity index (χ1n) is 6.44. The fourth-order valence-corrected chi connectivity index (χ4v) is 1.56. The van der Waals surface area contributed by atoms with E-state index in [-0.39, 0.29) is 19.5 Å². The van der Waals surface area contributed by atoms with Crippen molar-refractivity contribution in [3.05, 3.63) is 35.9 Å². The maximum atomic E-state index is 11.9. The van der Waals surface area contributed by atoms with Gasteiger partial charge in [0.15, 0.2) is 0 Å². The number of nitrogens with zero attached hydrogens (tertiary/aromatic N) is 2. The summed E-state index contributed by atoms with van der Waals surface area (Å²) in [4.78, 5) is 34.2. The van der Waals surface area contributed by atoms with E-state index in [9.17, 15) is 14.4 Å². The van der Waals surface area contributed by atoms with Crippen LogP contribution in [-0.2, 0) is 16.1 Å². The smallest absolute Gasteiger partial charge is 0.350 e. The molecule has 0 radical (unpaired) electrons. The maximum Gasteiger partial charge on any atom is 0.350 e. The Morgan fingerprint density at radius 2 is 1.86 bits per heavy atom. The Morgan fingerprint density at radius 3 is 2.41 bits per heavy atom. The second-order valence-corrected chi connectivity index (χ2v) is 4.35. The van der Waals surface area contributed by atoms with Crippen LogP contribution in [-0.4, -0.2) is 41.7 Å². The van der Waals surface area contributed by atoms with Crippen molar-refractivity contribution in [2.24, 2.45) is 11.6 Å². The minimum atomic E-state index is -0.912. The van der Waals surface area contributed by atoms with Crippen LogP contribution in [0.1, 0.15) is 12.0 Å². The number of hydrogen-bond donors (Lipinski definition) is 3. The average molecular weight is 309 g/mol. The molecule has 0 heterocycles. The molecule has 1 aromatic rings. The highest BCUT2D eigenvalue weighted by atomic mass is 16.5. The predicted molar refractivity (Wildman–Crippen MR) is 77.6 cm³/mol. The topological polar surface area (TPSA) is 131 Å². The van der Waals surface area contributed by atoms with Crippen molar-refractivity contribution in [2.45, 2.75) is 13.0 Å². The monoisotopic (exact) mass is 309 g/mol. The van der Waals surface area contributed by atoms with Gasteiger partial charge in [0.25, 0.3) is 0 Å². The molecule has 22 heavy (non-hydrogen) atoms. The molecule has 0 fully saturated rings. The number of hydrogen-bond acceptors (Lipinski definition) is 5. The van der Waals surface area contributed by atoms with Gasteiger partial charge < -0.3 is 10.5 Å². The van der Waals surface area contributed by atoms with Crippen LogP contribution in [0.15, 0.2) is 30.3 Å². The molecule has 0 unspecified atom stereocenters. The largest absolute Gasteiger partial charge is 0.469 e. The number of ether oxygens (including phenoxy) is 1.